The zero-order valence-corrected chi connectivity index (χ0v) is 8.15. The molecule has 4 heteroatoms. The molecule has 0 amide bonds. The molecule has 0 aromatic carbocycles. The molecule has 78 valence electrons. The lowest BCUT2D eigenvalue weighted by molar-refractivity contribution is -0.124. The van der Waals surface area contributed by atoms with Crippen molar-refractivity contribution in [2.45, 2.75) is 50.7 Å². The van der Waals surface area contributed by atoms with Crippen LogP contribution in [0, 0.1) is 0 Å². The van der Waals surface area contributed by atoms with E-state index >= 15 is 0 Å². The maximum absolute atomic E-state index is 12.6. The third kappa shape index (κ3) is 2.17. The topological polar surface area (TPSA) is 35.2 Å². The van der Waals surface area contributed by atoms with Gasteiger partial charge >= 0.3 is 0 Å². The van der Waals surface area contributed by atoms with Gasteiger partial charge in [-0.3, -0.25) is 0 Å². The molecule has 1 heterocycles. The number of hydrogen-bond donors (Lipinski definition) is 1. The van der Waals surface area contributed by atoms with Crippen LogP contribution in [-0.4, -0.2) is 24.2 Å². The fraction of sp³-hybridized carbons (Fsp3) is 1.00. The minimum absolute atomic E-state index is 0.244. The summed E-state index contributed by atoms with van der Waals surface area (Å²) in [6.45, 7) is 4.11. The summed E-state index contributed by atoms with van der Waals surface area (Å²) in [5.41, 5.74) is 3.81. The highest BCUT2D eigenvalue weighted by Gasteiger charge is 2.45. The van der Waals surface area contributed by atoms with Gasteiger partial charge in [-0.2, -0.15) is 0 Å². The van der Waals surface area contributed by atoms with Crippen molar-refractivity contribution in [3.63, 3.8) is 0 Å². The fourth-order valence-corrected chi connectivity index (χ4v) is 1.74. The lowest BCUT2D eigenvalue weighted by Crippen LogP contribution is -2.57. The Kier molecular flexibility index (Phi) is 2.92. The maximum atomic E-state index is 12.6. The molecule has 1 aliphatic heterocycles. The average Bonchev–Trinajstić information content (AvgIpc) is 2.04. The second kappa shape index (κ2) is 3.50. The van der Waals surface area contributed by atoms with Gasteiger partial charge in [0.2, 0.25) is 0 Å². The van der Waals surface area contributed by atoms with E-state index in [2.05, 4.69) is 0 Å². The highest BCUT2D eigenvalue weighted by molar-refractivity contribution is 4.97. The smallest absolute Gasteiger partial charge is 0.256 e. The largest absolute Gasteiger partial charge is 0.375 e. The Morgan fingerprint density at radius 2 is 2.15 bits per heavy atom. The summed E-state index contributed by atoms with van der Waals surface area (Å²) in [6, 6.07) is 0. The Hall–Kier alpha value is -0.220. The van der Waals surface area contributed by atoms with E-state index in [0.29, 0.717) is 6.61 Å². The van der Waals surface area contributed by atoms with Crippen LogP contribution < -0.4 is 5.73 Å². The van der Waals surface area contributed by atoms with Crippen molar-refractivity contribution in [2.75, 3.05) is 6.61 Å². The predicted molar refractivity (Wildman–Crippen MR) is 46.8 cm³/mol. The molecule has 0 aromatic heterocycles. The first-order valence-electron chi connectivity index (χ1n) is 4.63. The van der Waals surface area contributed by atoms with Crippen molar-refractivity contribution in [3.8, 4) is 0 Å². The second-order valence-corrected chi connectivity index (χ2v) is 4.11. The highest BCUT2D eigenvalue weighted by Crippen LogP contribution is 2.36. The summed E-state index contributed by atoms with van der Waals surface area (Å²) in [6.07, 6.45) is -1.24. The van der Waals surface area contributed by atoms with E-state index in [1.54, 1.807) is 0 Å². The number of hydrogen-bond acceptors (Lipinski definition) is 2. The average molecular weight is 193 g/mol. The fourth-order valence-electron chi connectivity index (χ4n) is 1.74. The van der Waals surface area contributed by atoms with Crippen LogP contribution in [0.5, 0.6) is 0 Å². The van der Waals surface area contributed by atoms with Crippen LogP contribution in [0.3, 0.4) is 0 Å². The number of rotatable bonds is 2. The van der Waals surface area contributed by atoms with Crippen LogP contribution in [0.4, 0.5) is 8.78 Å². The quantitative estimate of drug-likeness (QED) is 0.727. The number of ether oxygens (including phenoxy) is 1. The molecule has 2 atom stereocenters. The molecule has 13 heavy (non-hydrogen) atoms. The molecule has 1 saturated heterocycles. The van der Waals surface area contributed by atoms with Crippen LogP contribution in [-0.2, 0) is 4.74 Å². The molecule has 2 N–H and O–H groups in total. The molecular weight excluding hydrogens is 176 g/mol. The van der Waals surface area contributed by atoms with E-state index in [1.165, 1.54) is 0 Å². The van der Waals surface area contributed by atoms with E-state index in [-0.39, 0.29) is 12.8 Å². The van der Waals surface area contributed by atoms with E-state index < -0.39 is 17.6 Å². The van der Waals surface area contributed by atoms with Gasteiger partial charge in [-0.15, -0.1) is 0 Å². The summed E-state index contributed by atoms with van der Waals surface area (Å²) < 4.78 is 30.7. The minimum atomic E-state index is -2.46. The van der Waals surface area contributed by atoms with Crippen molar-refractivity contribution in [1.82, 2.24) is 0 Å². The van der Waals surface area contributed by atoms with Gasteiger partial charge in [-0.1, -0.05) is 6.92 Å². The second-order valence-electron chi connectivity index (χ2n) is 4.11. The normalized spacial score (nSPS) is 41.1. The number of alkyl halides is 2. The molecule has 0 aliphatic carbocycles. The van der Waals surface area contributed by atoms with Crippen molar-refractivity contribution in [2.24, 2.45) is 5.73 Å². The first-order chi connectivity index (χ1) is 5.92. The van der Waals surface area contributed by atoms with Crippen molar-refractivity contribution in [1.29, 1.82) is 0 Å². The summed E-state index contributed by atoms with van der Waals surface area (Å²) in [5, 5.41) is 0. The minimum Gasteiger partial charge on any atom is -0.375 e. The zero-order valence-electron chi connectivity index (χ0n) is 8.15. The lowest BCUT2D eigenvalue weighted by Gasteiger charge is -2.43. The maximum Gasteiger partial charge on any atom is 0.256 e. The molecule has 1 rings (SSSR count). The van der Waals surface area contributed by atoms with Crippen LogP contribution in [0.1, 0.15) is 33.1 Å². The summed E-state index contributed by atoms with van der Waals surface area (Å²) in [5.74, 6) is 0. The first-order valence-corrected chi connectivity index (χ1v) is 4.63. The van der Waals surface area contributed by atoms with Crippen LogP contribution in [0.25, 0.3) is 0 Å². The SMILES string of the molecule is CCC1(C)CC(N)(C(F)F)CCO1. The van der Waals surface area contributed by atoms with Gasteiger partial charge in [0.15, 0.2) is 0 Å². The number of halogens is 2. The third-order valence-corrected chi connectivity index (χ3v) is 2.90. The Morgan fingerprint density at radius 3 is 2.62 bits per heavy atom. The van der Waals surface area contributed by atoms with Gasteiger partial charge < -0.3 is 10.5 Å². The van der Waals surface area contributed by atoms with Gasteiger partial charge in [-0.05, 0) is 26.2 Å². The first kappa shape index (κ1) is 10.9. The van der Waals surface area contributed by atoms with Crippen LogP contribution in [0.15, 0.2) is 0 Å². The summed E-state index contributed by atoms with van der Waals surface area (Å²) in [4.78, 5) is 0. The summed E-state index contributed by atoms with van der Waals surface area (Å²) >= 11 is 0. The zero-order chi connectivity index (χ0) is 10.1. The Balaban J connectivity index is 2.71. The van der Waals surface area contributed by atoms with Crippen molar-refractivity contribution < 1.29 is 13.5 Å². The molecule has 2 unspecified atom stereocenters. The Bertz CT molecular complexity index is 188. The molecule has 2 nitrogen and oxygen atoms in total. The third-order valence-electron chi connectivity index (χ3n) is 2.90. The monoisotopic (exact) mass is 193 g/mol. The standard InChI is InChI=1S/C9H17F2NO/c1-3-8(2)6-9(12,7(10)11)4-5-13-8/h7H,3-6,12H2,1-2H3. The van der Waals surface area contributed by atoms with Gasteiger partial charge in [0.05, 0.1) is 11.1 Å². The van der Waals surface area contributed by atoms with E-state index in [0.717, 1.165) is 6.42 Å². The van der Waals surface area contributed by atoms with Gasteiger partial charge in [0.25, 0.3) is 6.43 Å². The molecule has 0 radical (unpaired) electrons. The molecule has 0 bridgehead atoms. The highest BCUT2D eigenvalue weighted by atomic mass is 19.3. The molecule has 0 aromatic rings. The Morgan fingerprint density at radius 1 is 1.54 bits per heavy atom. The van der Waals surface area contributed by atoms with Crippen LogP contribution in [0.2, 0.25) is 0 Å². The van der Waals surface area contributed by atoms with Gasteiger partial charge in [0, 0.05) is 6.61 Å². The molecule has 1 fully saturated rings. The van der Waals surface area contributed by atoms with Crippen LogP contribution >= 0.6 is 0 Å². The summed E-state index contributed by atoms with van der Waals surface area (Å²) in [7, 11) is 0. The van der Waals surface area contributed by atoms with Gasteiger partial charge in [-0.25, -0.2) is 8.78 Å². The lowest BCUT2D eigenvalue weighted by atomic mass is 9.80. The molecule has 0 saturated carbocycles. The van der Waals surface area contributed by atoms with Crippen molar-refractivity contribution >= 4 is 0 Å². The van der Waals surface area contributed by atoms with E-state index in [1.807, 2.05) is 13.8 Å². The molecule has 1 aliphatic rings. The Labute approximate surface area is 77.4 Å². The van der Waals surface area contributed by atoms with E-state index in [9.17, 15) is 8.78 Å². The predicted octanol–water partition coefficient (Wildman–Crippen LogP) is 1.93. The molecule has 0 spiro atoms. The van der Waals surface area contributed by atoms with E-state index in [4.69, 9.17) is 10.5 Å². The van der Waals surface area contributed by atoms with Crippen molar-refractivity contribution in [3.05, 3.63) is 0 Å². The van der Waals surface area contributed by atoms with Gasteiger partial charge in [0.1, 0.15) is 0 Å². The number of nitrogens with two attached hydrogens (primary N) is 1. The molecular formula is C9H17F2NO.